The number of hydrogen-bond donors (Lipinski definition) is 6. The molecule has 0 aliphatic rings. The highest BCUT2D eigenvalue weighted by Gasteiger charge is 2.19. The van der Waals surface area contributed by atoms with Crippen LogP contribution < -0.4 is 5.32 Å². The van der Waals surface area contributed by atoms with E-state index in [0.29, 0.717) is 19.6 Å². The number of aliphatic imine (C=N–C) groups is 1. The topological polar surface area (TPSA) is 168 Å². The Bertz CT molecular complexity index is 1080. The molecule has 3 rings (SSSR count). The van der Waals surface area contributed by atoms with Crippen LogP contribution in [-0.4, -0.2) is 73.9 Å². The van der Waals surface area contributed by atoms with E-state index in [2.05, 4.69) is 20.3 Å². The van der Waals surface area contributed by atoms with Crippen molar-refractivity contribution in [3.8, 4) is 17.2 Å². The molecule has 0 aliphatic carbocycles. The summed E-state index contributed by atoms with van der Waals surface area (Å²) < 4.78 is 0. The Hall–Kier alpha value is -3.50. The molecule has 0 saturated heterocycles. The van der Waals surface area contributed by atoms with Crippen LogP contribution in [0.4, 0.5) is 0 Å². The van der Waals surface area contributed by atoms with Crippen molar-refractivity contribution in [2.45, 2.75) is 0 Å². The van der Waals surface area contributed by atoms with E-state index in [9.17, 15) is 25.2 Å². The number of aliphatic hydroxyl groups excluding tert-OH is 1. The van der Waals surface area contributed by atoms with Crippen molar-refractivity contribution in [2.24, 2.45) is 4.99 Å². The van der Waals surface area contributed by atoms with Crippen molar-refractivity contribution in [3.05, 3.63) is 29.3 Å². The van der Waals surface area contributed by atoms with E-state index in [0.717, 1.165) is 6.07 Å². The van der Waals surface area contributed by atoms with Gasteiger partial charge in [0.15, 0.2) is 0 Å². The van der Waals surface area contributed by atoms with Crippen LogP contribution in [0.2, 0.25) is 0 Å². The lowest BCUT2D eigenvalue weighted by Crippen LogP contribution is -2.21. The number of benzene rings is 2. The normalized spacial score (nSPS) is 11.6. The number of carbonyl (C=O) groups is 1. The van der Waals surface area contributed by atoms with Crippen LogP contribution in [0.25, 0.3) is 22.1 Å². The first kappa shape index (κ1) is 19.3. The summed E-state index contributed by atoms with van der Waals surface area (Å²) in [7, 11) is 0. The molecule has 0 saturated carbocycles. The second kappa shape index (κ2) is 8.03. The number of phenols is 3. The molecule has 0 aliphatic heterocycles. The SMILES string of the molecule is O=C(O)c1ccc(O)c2nc3c(C=NCCNCCO)c(O)cc(O)c3nc12. The Balaban J connectivity index is 2.15. The number of nitrogens with zero attached hydrogens (tertiary/aromatic N) is 3. The third-order valence-electron chi connectivity index (χ3n) is 4.01. The van der Waals surface area contributed by atoms with Gasteiger partial charge in [-0.1, -0.05) is 0 Å². The minimum Gasteiger partial charge on any atom is -0.507 e. The third kappa shape index (κ3) is 3.63. The Kier molecular flexibility index (Phi) is 5.52. The molecule has 146 valence electrons. The van der Waals surface area contributed by atoms with Gasteiger partial charge in [0.2, 0.25) is 0 Å². The van der Waals surface area contributed by atoms with Crippen LogP contribution in [0.1, 0.15) is 15.9 Å². The summed E-state index contributed by atoms with van der Waals surface area (Å²) in [6, 6.07) is 3.45. The van der Waals surface area contributed by atoms with E-state index in [4.69, 9.17) is 5.11 Å². The molecule has 1 aromatic heterocycles. The van der Waals surface area contributed by atoms with Gasteiger partial charge in [-0.3, -0.25) is 4.99 Å². The Labute approximate surface area is 158 Å². The van der Waals surface area contributed by atoms with Crippen LogP contribution >= 0.6 is 0 Å². The Morgan fingerprint density at radius 3 is 2.43 bits per heavy atom. The lowest BCUT2D eigenvalue weighted by Gasteiger charge is -2.10. The van der Waals surface area contributed by atoms with Gasteiger partial charge >= 0.3 is 5.97 Å². The fourth-order valence-corrected chi connectivity index (χ4v) is 2.69. The molecule has 10 nitrogen and oxygen atoms in total. The number of aromatic hydroxyl groups is 3. The number of carboxylic acids is 1. The van der Waals surface area contributed by atoms with Crippen LogP contribution in [-0.2, 0) is 0 Å². The highest BCUT2D eigenvalue weighted by atomic mass is 16.4. The number of aromatic nitrogens is 2. The Morgan fingerprint density at radius 1 is 1.00 bits per heavy atom. The molecule has 0 atom stereocenters. The van der Waals surface area contributed by atoms with Gasteiger partial charge in [0.25, 0.3) is 0 Å². The maximum absolute atomic E-state index is 11.4. The van der Waals surface area contributed by atoms with Gasteiger partial charge in [-0.2, -0.15) is 0 Å². The molecule has 6 N–H and O–H groups in total. The summed E-state index contributed by atoms with van der Waals surface area (Å²) in [6.45, 7) is 1.31. The average Bonchev–Trinajstić information content (AvgIpc) is 2.66. The molecule has 3 aromatic rings. The van der Waals surface area contributed by atoms with Gasteiger partial charge in [-0.05, 0) is 12.1 Å². The average molecular weight is 386 g/mol. The smallest absolute Gasteiger partial charge is 0.337 e. The number of aliphatic hydroxyl groups is 1. The number of nitrogens with one attached hydrogen (secondary N) is 1. The number of hydrogen-bond acceptors (Lipinski definition) is 9. The van der Waals surface area contributed by atoms with E-state index in [-0.39, 0.29) is 57.0 Å². The lowest BCUT2D eigenvalue weighted by atomic mass is 10.1. The van der Waals surface area contributed by atoms with E-state index in [1.807, 2.05) is 0 Å². The number of fused-ring (bicyclic) bond motifs is 2. The predicted molar refractivity (Wildman–Crippen MR) is 101 cm³/mol. The zero-order valence-corrected chi connectivity index (χ0v) is 14.6. The molecule has 28 heavy (non-hydrogen) atoms. The second-order valence-corrected chi connectivity index (χ2v) is 5.89. The van der Waals surface area contributed by atoms with Crippen molar-refractivity contribution in [1.29, 1.82) is 0 Å². The van der Waals surface area contributed by atoms with E-state index < -0.39 is 5.97 Å². The highest BCUT2D eigenvalue weighted by molar-refractivity contribution is 6.08. The van der Waals surface area contributed by atoms with Crippen LogP contribution in [0.5, 0.6) is 17.2 Å². The second-order valence-electron chi connectivity index (χ2n) is 5.89. The monoisotopic (exact) mass is 386 g/mol. The molecule has 0 fully saturated rings. The Morgan fingerprint density at radius 2 is 1.71 bits per heavy atom. The van der Waals surface area contributed by atoms with Crippen molar-refractivity contribution in [1.82, 2.24) is 15.3 Å². The molecule has 2 aromatic carbocycles. The molecule has 0 unspecified atom stereocenters. The molecule has 0 bridgehead atoms. The maximum Gasteiger partial charge on any atom is 0.337 e. The summed E-state index contributed by atoms with van der Waals surface area (Å²) in [5.74, 6) is -2.22. The van der Waals surface area contributed by atoms with Gasteiger partial charge in [0, 0.05) is 25.4 Å². The molecular formula is C18H18N4O6. The van der Waals surface area contributed by atoms with Gasteiger partial charge in [0.05, 0.1) is 24.3 Å². The number of rotatable bonds is 7. The molecule has 0 radical (unpaired) electrons. The van der Waals surface area contributed by atoms with Gasteiger partial charge < -0.3 is 30.8 Å². The summed E-state index contributed by atoms with van der Waals surface area (Å²) in [4.78, 5) is 24.0. The molecule has 1 heterocycles. The van der Waals surface area contributed by atoms with Crippen LogP contribution in [0, 0.1) is 0 Å². The first-order chi connectivity index (χ1) is 13.4. The highest BCUT2D eigenvalue weighted by Crippen LogP contribution is 2.35. The molecule has 0 spiro atoms. The zero-order chi connectivity index (χ0) is 20.3. The third-order valence-corrected chi connectivity index (χ3v) is 4.01. The molecular weight excluding hydrogens is 368 g/mol. The van der Waals surface area contributed by atoms with E-state index in [1.54, 1.807) is 0 Å². The minimum atomic E-state index is -1.26. The van der Waals surface area contributed by atoms with Gasteiger partial charge in [0.1, 0.15) is 39.3 Å². The first-order valence-corrected chi connectivity index (χ1v) is 8.37. The zero-order valence-electron chi connectivity index (χ0n) is 14.6. The van der Waals surface area contributed by atoms with Crippen LogP contribution in [0.15, 0.2) is 23.2 Å². The quantitative estimate of drug-likeness (QED) is 0.193. The van der Waals surface area contributed by atoms with Crippen molar-refractivity contribution >= 4 is 34.3 Å². The van der Waals surface area contributed by atoms with Gasteiger partial charge in [-0.25, -0.2) is 14.8 Å². The minimum absolute atomic E-state index is 0.0115. The van der Waals surface area contributed by atoms with Crippen molar-refractivity contribution in [3.63, 3.8) is 0 Å². The predicted octanol–water partition coefficient (Wildman–Crippen LogP) is 0.599. The molecule has 10 heteroatoms. The fourth-order valence-electron chi connectivity index (χ4n) is 2.69. The molecule has 0 amide bonds. The van der Waals surface area contributed by atoms with Crippen molar-refractivity contribution in [2.75, 3.05) is 26.2 Å². The van der Waals surface area contributed by atoms with E-state index >= 15 is 0 Å². The van der Waals surface area contributed by atoms with Crippen molar-refractivity contribution < 1.29 is 30.3 Å². The number of aromatic carboxylic acids is 1. The van der Waals surface area contributed by atoms with Crippen LogP contribution in [0.3, 0.4) is 0 Å². The maximum atomic E-state index is 11.4. The lowest BCUT2D eigenvalue weighted by molar-refractivity contribution is 0.0699. The largest absolute Gasteiger partial charge is 0.507 e. The summed E-state index contributed by atoms with van der Waals surface area (Å²) >= 11 is 0. The fraction of sp³-hybridized carbons (Fsp3) is 0.222. The first-order valence-electron chi connectivity index (χ1n) is 8.37. The standard InChI is InChI=1S/C18H18N4O6/c23-6-5-19-3-4-20-8-10-12(25)7-13(26)17-15(10)22-16-11(24)2-1-9(18(27)28)14(16)21-17/h1-2,7-8,19,23-26H,3-6H2,(H,27,28). The van der Waals surface area contributed by atoms with E-state index in [1.165, 1.54) is 18.3 Å². The number of phenolic OH excluding ortho intramolecular Hbond substituents is 3. The summed E-state index contributed by atoms with van der Waals surface area (Å²) in [5, 5.41) is 51.4. The summed E-state index contributed by atoms with van der Waals surface area (Å²) in [5.41, 5.74) is -0.133. The number of carboxylic acid groups (broad SMARTS) is 1. The van der Waals surface area contributed by atoms with Gasteiger partial charge in [-0.15, -0.1) is 0 Å². The summed E-state index contributed by atoms with van der Waals surface area (Å²) in [6.07, 6.45) is 1.36.